The van der Waals surface area contributed by atoms with Crippen molar-refractivity contribution in [2.75, 3.05) is 6.61 Å². The van der Waals surface area contributed by atoms with Gasteiger partial charge < -0.3 is 4.74 Å². The molecule has 0 unspecified atom stereocenters. The first-order chi connectivity index (χ1) is 7.09. The van der Waals surface area contributed by atoms with Gasteiger partial charge in [0.15, 0.2) is 0 Å². The Morgan fingerprint density at radius 3 is 2.47 bits per heavy atom. The van der Waals surface area contributed by atoms with Gasteiger partial charge in [0, 0.05) is 0 Å². The minimum Gasteiger partial charge on any atom is -0.378 e. The lowest BCUT2D eigenvalue weighted by Gasteiger charge is -2.10. The quantitative estimate of drug-likeness (QED) is 0.712. The summed E-state index contributed by atoms with van der Waals surface area (Å²) in [5.74, 6) is 0.607. The van der Waals surface area contributed by atoms with Crippen LogP contribution in [0.15, 0.2) is 24.3 Å². The van der Waals surface area contributed by atoms with Gasteiger partial charge in [-0.25, -0.2) is 0 Å². The fourth-order valence-corrected chi connectivity index (χ4v) is 1.52. The van der Waals surface area contributed by atoms with Crippen LogP contribution in [0.2, 0.25) is 0 Å². The van der Waals surface area contributed by atoms with Crippen molar-refractivity contribution in [1.82, 2.24) is 0 Å². The maximum Gasteiger partial charge on any atom is 0.0519 e. The second-order valence-corrected chi connectivity index (χ2v) is 4.57. The summed E-state index contributed by atoms with van der Waals surface area (Å²) in [6, 6.07) is 8.79. The van der Waals surface area contributed by atoms with Crippen LogP contribution < -0.4 is 0 Å². The number of benzene rings is 1. The van der Waals surface area contributed by atoms with Crippen LogP contribution in [-0.2, 0) is 11.2 Å². The largest absolute Gasteiger partial charge is 0.378 e. The molecule has 0 aliphatic carbocycles. The Kier molecular flexibility index (Phi) is 4.83. The second-order valence-electron chi connectivity index (χ2n) is 4.57. The van der Waals surface area contributed by atoms with E-state index in [-0.39, 0.29) is 0 Å². The molecule has 0 saturated heterocycles. The van der Waals surface area contributed by atoms with Crippen LogP contribution in [0.5, 0.6) is 0 Å². The van der Waals surface area contributed by atoms with Crippen LogP contribution in [0.1, 0.15) is 44.7 Å². The molecule has 0 radical (unpaired) electrons. The van der Waals surface area contributed by atoms with Gasteiger partial charge in [-0.2, -0.15) is 0 Å². The summed E-state index contributed by atoms with van der Waals surface area (Å²) < 4.78 is 5.55. The van der Waals surface area contributed by atoms with Gasteiger partial charge in [0.05, 0.1) is 12.7 Å². The van der Waals surface area contributed by atoms with Crippen molar-refractivity contribution >= 4 is 0 Å². The molecule has 0 aliphatic heterocycles. The lowest BCUT2D eigenvalue weighted by atomic mass is 10.00. The molecule has 1 heteroatoms. The first-order valence-corrected chi connectivity index (χ1v) is 5.80. The Labute approximate surface area is 93.5 Å². The standard InChI is InChI=1S/C14H22O/c1-11(2)14-7-5-6-13(10-14)8-9-15-12(3)4/h5-7,10-12H,8-9H2,1-4H3. The highest BCUT2D eigenvalue weighted by Gasteiger charge is 2.00. The van der Waals surface area contributed by atoms with Gasteiger partial charge >= 0.3 is 0 Å². The van der Waals surface area contributed by atoms with E-state index in [0.29, 0.717) is 12.0 Å². The minimum absolute atomic E-state index is 0.332. The lowest BCUT2D eigenvalue weighted by molar-refractivity contribution is 0.0813. The van der Waals surface area contributed by atoms with Crippen LogP contribution in [0.4, 0.5) is 0 Å². The highest BCUT2D eigenvalue weighted by atomic mass is 16.5. The molecular weight excluding hydrogens is 184 g/mol. The van der Waals surface area contributed by atoms with Crippen LogP contribution in [0.25, 0.3) is 0 Å². The van der Waals surface area contributed by atoms with Gasteiger partial charge in [-0.15, -0.1) is 0 Å². The topological polar surface area (TPSA) is 9.23 Å². The van der Waals surface area contributed by atoms with Crippen LogP contribution in [0.3, 0.4) is 0 Å². The highest BCUT2D eigenvalue weighted by molar-refractivity contribution is 5.25. The van der Waals surface area contributed by atoms with E-state index in [1.807, 2.05) is 0 Å². The first-order valence-electron chi connectivity index (χ1n) is 5.80. The Balaban J connectivity index is 2.50. The van der Waals surface area contributed by atoms with E-state index in [0.717, 1.165) is 13.0 Å². The summed E-state index contributed by atoms with van der Waals surface area (Å²) in [6.45, 7) is 9.42. The van der Waals surface area contributed by atoms with Crippen molar-refractivity contribution in [2.24, 2.45) is 0 Å². The maximum absolute atomic E-state index is 5.55. The van der Waals surface area contributed by atoms with Crippen LogP contribution in [-0.4, -0.2) is 12.7 Å². The maximum atomic E-state index is 5.55. The predicted molar refractivity (Wildman–Crippen MR) is 65.3 cm³/mol. The molecule has 0 amide bonds. The molecule has 0 aromatic heterocycles. The second kappa shape index (κ2) is 5.92. The molecule has 1 rings (SSSR count). The molecular formula is C14H22O. The SMILES string of the molecule is CC(C)OCCc1cccc(C(C)C)c1. The van der Waals surface area contributed by atoms with E-state index in [9.17, 15) is 0 Å². The Hall–Kier alpha value is -0.820. The normalized spacial score (nSPS) is 11.3. The average molecular weight is 206 g/mol. The fourth-order valence-electron chi connectivity index (χ4n) is 1.52. The average Bonchev–Trinajstić information content (AvgIpc) is 2.17. The summed E-state index contributed by atoms with van der Waals surface area (Å²) in [4.78, 5) is 0. The summed E-state index contributed by atoms with van der Waals surface area (Å²) in [6.07, 6.45) is 1.34. The summed E-state index contributed by atoms with van der Waals surface area (Å²) in [5, 5.41) is 0. The third kappa shape index (κ3) is 4.48. The van der Waals surface area contributed by atoms with Crippen molar-refractivity contribution in [3.8, 4) is 0 Å². The Morgan fingerprint density at radius 1 is 1.13 bits per heavy atom. The molecule has 1 nitrogen and oxygen atoms in total. The van der Waals surface area contributed by atoms with Gasteiger partial charge in [-0.05, 0) is 37.3 Å². The number of hydrogen-bond donors (Lipinski definition) is 0. The molecule has 0 bridgehead atoms. The molecule has 0 saturated carbocycles. The minimum atomic E-state index is 0.332. The highest BCUT2D eigenvalue weighted by Crippen LogP contribution is 2.15. The van der Waals surface area contributed by atoms with Gasteiger partial charge in [-0.3, -0.25) is 0 Å². The lowest BCUT2D eigenvalue weighted by Crippen LogP contribution is -2.06. The first kappa shape index (κ1) is 12.3. The van der Waals surface area contributed by atoms with E-state index in [1.165, 1.54) is 11.1 Å². The molecule has 15 heavy (non-hydrogen) atoms. The molecule has 0 heterocycles. The Bertz CT molecular complexity index is 289. The van der Waals surface area contributed by atoms with Crippen molar-refractivity contribution in [2.45, 2.75) is 46.1 Å². The molecule has 1 aromatic rings. The Morgan fingerprint density at radius 2 is 1.87 bits per heavy atom. The van der Waals surface area contributed by atoms with Crippen LogP contribution in [0, 0.1) is 0 Å². The molecule has 0 N–H and O–H groups in total. The molecule has 1 aromatic carbocycles. The van der Waals surface area contributed by atoms with E-state index in [2.05, 4.69) is 52.0 Å². The summed E-state index contributed by atoms with van der Waals surface area (Å²) in [5.41, 5.74) is 2.79. The van der Waals surface area contributed by atoms with Crippen molar-refractivity contribution in [3.63, 3.8) is 0 Å². The van der Waals surface area contributed by atoms with Gasteiger partial charge in [0.2, 0.25) is 0 Å². The van der Waals surface area contributed by atoms with Gasteiger partial charge in [-0.1, -0.05) is 38.1 Å². The van der Waals surface area contributed by atoms with E-state index < -0.39 is 0 Å². The molecule has 0 fully saturated rings. The fraction of sp³-hybridized carbons (Fsp3) is 0.571. The number of ether oxygens (including phenoxy) is 1. The third-order valence-corrected chi connectivity index (χ3v) is 2.46. The van der Waals surface area contributed by atoms with Gasteiger partial charge in [0.25, 0.3) is 0 Å². The number of rotatable bonds is 5. The zero-order valence-corrected chi connectivity index (χ0v) is 10.3. The van der Waals surface area contributed by atoms with E-state index >= 15 is 0 Å². The van der Waals surface area contributed by atoms with Crippen molar-refractivity contribution in [1.29, 1.82) is 0 Å². The smallest absolute Gasteiger partial charge is 0.0519 e. The third-order valence-electron chi connectivity index (χ3n) is 2.46. The predicted octanol–water partition coefficient (Wildman–Crippen LogP) is 3.78. The monoisotopic (exact) mass is 206 g/mol. The summed E-state index contributed by atoms with van der Waals surface area (Å²) >= 11 is 0. The molecule has 84 valence electrons. The zero-order valence-electron chi connectivity index (χ0n) is 10.3. The van der Waals surface area contributed by atoms with E-state index in [1.54, 1.807) is 0 Å². The van der Waals surface area contributed by atoms with Gasteiger partial charge in [0.1, 0.15) is 0 Å². The summed E-state index contributed by atoms with van der Waals surface area (Å²) in [7, 11) is 0. The number of hydrogen-bond acceptors (Lipinski definition) is 1. The van der Waals surface area contributed by atoms with Crippen molar-refractivity contribution < 1.29 is 4.74 Å². The van der Waals surface area contributed by atoms with E-state index in [4.69, 9.17) is 4.74 Å². The van der Waals surface area contributed by atoms with Crippen LogP contribution >= 0.6 is 0 Å². The zero-order chi connectivity index (χ0) is 11.3. The molecule has 0 aliphatic rings. The van der Waals surface area contributed by atoms with Crippen molar-refractivity contribution in [3.05, 3.63) is 35.4 Å². The molecule has 0 spiro atoms. The molecule has 0 atom stereocenters.